The van der Waals surface area contributed by atoms with Gasteiger partial charge in [-0.05, 0) is 49.5 Å². The molecule has 5 nitrogen and oxygen atoms in total. The molecule has 3 aromatic rings. The van der Waals surface area contributed by atoms with Crippen molar-refractivity contribution in [2.75, 3.05) is 23.2 Å². The summed E-state index contributed by atoms with van der Waals surface area (Å²) in [5.74, 6) is -2.10. The number of aromatic nitrogens is 3. The summed E-state index contributed by atoms with van der Waals surface area (Å²) in [7, 11) is 0. The van der Waals surface area contributed by atoms with Crippen LogP contribution in [0.15, 0.2) is 42.7 Å². The number of hydrogen-bond acceptors (Lipinski definition) is 4. The summed E-state index contributed by atoms with van der Waals surface area (Å²) in [6.07, 6.45) is -13.2. The fraction of sp³-hybridized carbons (Fsp3) is 0.300. The highest BCUT2D eigenvalue weighted by Crippen LogP contribution is 2.31. The molecule has 1 aliphatic rings. The van der Waals surface area contributed by atoms with Crippen LogP contribution in [0.1, 0.15) is 44.8 Å². The summed E-state index contributed by atoms with van der Waals surface area (Å²) < 4.78 is 137. The zero-order chi connectivity index (χ0) is 29.3. The molecule has 0 aliphatic carbocycles. The van der Waals surface area contributed by atoms with E-state index in [2.05, 4.69) is 15.4 Å². The zero-order valence-electron chi connectivity index (χ0n) is 24.4. The third-order valence-corrected chi connectivity index (χ3v) is 3.77. The number of anilines is 3. The number of piperidine rings is 1. The average Bonchev–Trinajstić information content (AvgIpc) is 3.25. The Hall–Kier alpha value is -3.10. The van der Waals surface area contributed by atoms with Crippen molar-refractivity contribution < 1.29 is 31.3 Å². The minimum Gasteiger partial charge on any atom is -0.371 e. The molecule has 0 bridgehead atoms. The van der Waals surface area contributed by atoms with Gasteiger partial charge in [0.15, 0.2) is 0 Å². The van der Waals surface area contributed by atoms with Gasteiger partial charge in [-0.2, -0.15) is 4.98 Å². The van der Waals surface area contributed by atoms with Crippen molar-refractivity contribution in [3.8, 4) is 5.69 Å². The number of halogens is 4. The Morgan fingerprint density at radius 3 is 2.34 bits per heavy atom. The van der Waals surface area contributed by atoms with Crippen LogP contribution in [-0.2, 0) is 0 Å². The average molecular weight is 415 g/mol. The molecule has 9 heteroatoms. The molecule has 0 saturated carbocycles. The molecule has 1 aliphatic heterocycles. The predicted molar refractivity (Wildman–Crippen MR) is 102 cm³/mol. The molecule has 1 aromatic heterocycles. The molecule has 2 aromatic carbocycles. The van der Waals surface area contributed by atoms with E-state index in [1.807, 2.05) is 0 Å². The van der Waals surface area contributed by atoms with Crippen LogP contribution in [0, 0.1) is 11.6 Å². The summed E-state index contributed by atoms with van der Waals surface area (Å²) in [6.45, 7) is -7.16. The lowest BCUT2D eigenvalue weighted by Gasteiger charge is -2.29. The number of rotatable bonds is 5. The molecular formula is C20H19F4N5. The molecular weight excluding hydrogens is 386 g/mol. The summed E-state index contributed by atoms with van der Waals surface area (Å²) in [5, 5.41) is 6.45. The highest BCUT2D eigenvalue weighted by atomic mass is 19.3. The van der Waals surface area contributed by atoms with Crippen molar-refractivity contribution in [3.05, 3.63) is 59.9 Å². The van der Waals surface area contributed by atoms with Crippen LogP contribution in [-0.4, -0.2) is 27.8 Å². The van der Waals surface area contributed by atoms with Gasteiger partial charge in [0, 0.05) is 49.7 Å². The van der Waals surface area contributed by atoms with E-state index in [9.17, 15) is 17.6 Å². The first-order chi connectivity index (χ1) is 17.7. The Kier molecular flexibility index (Phi) is 2.96. The molecule has 1 saturated heterocycles. The second kappa shape index (κ2) is 8.10. The van der Waals surface area contributed by atoms with Crippen LogP contribution in [0.2, 0.25) is 0 Å². The molecule has 1 N–H and O–H groups in total. The number of benzene rings is 2. The molecule has 29 heavy (non-hydrogen) atoms. The monoisotopic (exact) mass is 415 g/mol. The SMILES string of the molecule is [2H]C1([2H])N(c2cc(Nc3ncn(-c4cc(F)cc(F)c4)n3)cc(C(F)F)c2)C([2H])([2H])C([2H])([2H])C([2H])([2H])C1([2H])[2H]. The van der Waals surface area contributed by atoms with Crippen LogP contribution in [0.3, 0.4) is 0 Å². The maximum absolute atomic E-state index is 13.8. The van der Waals surface area contributed by atoms with E-state index in [1.54, 1.807) is 0 Å². The lowest BCUT2D eigenvalue weighted by molar-refractivity contribution is 0.151. The first-order valence-electron chi connectivity index (χ1n) is 13.1. The highest BCUT2D eigenvalue weighted by molar-refractivity contribution is 5.64. The van der Waals surface area contributed by atoms with Crippen molar-refractivity contribution in [3.63, 3.8) is 0 Å². The van der Waals surface area contributed by atoms with Gasteiger partial charge in [-0.15, -0.1) is 5.10 Å². The Morgan fingerprint density at radius 2 is 1.66 bits per heavy atom. The van der Waals surface area contributed by atoms with E-state index in [0.717, 1.165) is 35.3 Å². The molecule has 0 spiro atoms. The van der Waals surface area contributed by atoms with Gasteiger partial charge >= 0.3 is 0 Å². The molecule has 0 amide bonds. The van der Waals surface area contributed by atoms with Crippen molar-refractivity contribution in [2.24, 2.45) is 0 Å². The van der Waals surface area contributed by atoms with Crippen LogP contribution < -0.4 is 10.2 Å². The van der Waals surface area contributed by atoms with E-state index < -0.39 is 61.4 Å². The second-order valence-electron chi connectivity index (χ2n) is 5.81. The molecule has 152 valence electrons. The van der Waals surface area contributed by atoms with Crippen LogP contribution >= 0.6 is 0 Å². The Labute approximate surface area is 179 Å². The lowest BCUT2D eigenvalue weighted by Crippen LogP contribution is -2.29. The largest absolute Gasteiger partial charge is 0.371 e. The third-order valence-electron chi connectivity index (χ3n) is 3.77. The van der Waals surface area contributed by atoms with Crippen LogP contribution in [0.5, 0.6) is 0 Å². The zero-order valence-corrected chi connectivity index (χ0v) is 14.4. The van der Waals surface area contributed by atoms with Gasteiger partial charge in [-0.3, -0.25) is 0 Å². The van der Waals surface area contributed by atoms with Gasteiger partial charge in [0.05, 0.1) is 5.69 Å². The summed E-state index contributed by atoms with van der Waals surface area (Å²) in [6, 6.07) is 4.91. The molecule has 0 atom stereocenters. The smallest absolute Gasteiger partial charge is 0.263 e. The summed E-state index contributed by atoms with van der Waals surface area (Å²) in [5.41, 5.74) is -1.89. The topological polar surface area (TPSA) is 46.0 Å². The van der Waals surface area contributed by atoms with Gasteiger partial charge in [0.2, 0.25) is 5.95 Å². The van der Waals surface area contributed by atoms with Crippen molar-refractivity contribution in [1.29, 1.82) is 0 Å². The van der Waals surface area contributed by atoms with E-state index in [-0.39, 0.29) is 22.2 Å². The van der Waals surface area contributed by atoms with Gasteiger partial charge in [0.25, 0.3) is 6.43 Å². The maximum Gasteiger partial charge on any atom is 0.263 e. The van der Waals surface area contributed by atoms with E-state index in [1.165, 1.54) is 0 Å². The van der Waals surface area contributed by atoms with Gasteiger partial charge < -0.3 is 10.2 Å². The van der Waals surface area contributed by atoms with Gasteiger partial charge in [0.1, 0.15) is 18.0 Å². The van der Waals surface area contributed by atoms with Crippen LogP contribution in [0.4, 0.5) is 34.9 Å². The first kappa shape index (κ1) is 10.6. The fourth-order valence-corrected chi connectivity index (χ4v) is 2.56. The Bertz CT molecular complexity index is 1370. The molecule has 1 fully saturated rings. The normalized spacial score (nSPS) is 28.2. The number of nitrogens with one attached hydrogen (secondary N) is 1. The molecule has 2 heterocycles. The number of nitrogens with zero attached hydrogens (tertiary/aromatic N) is 4. The van der Waals surface area contributed by atoms with Crippen LogP contribution in [0.25, 0.3) is 5.69 Å². The number of alkyl halides is 2. The van der Waals surface area contributed by atoms with E-state index in [0.29, 0.717) is 12.1 Å². The minimum atomic E-state index is -3.68. The Morgan fingerprint density at radius 1 is 0.931 bits per heavy atom. The summed E-state index contributed by atoms with van der Waals surface area (Å²) in [4.78, 5) is 3.82. The van der Waals surface area contributed by atoms with Crippen molar-refractivity contribution in [1.82, 2.24) is 14.8 Å². The predicted octanol–water partition coefficient (Wildman–Crippen LogP) is 5.22. The summed E-state index contributed by atoms with van der Waals surface area (Å²) >= 11 is 0. The fourth-order valence-electron chi connectivity index (χ4n) is 2.56. The first-order valence-corrected chi connectivity index (χ1v) is 8.13. The Balaban J connectivity index is 1.81. The minimum absolute atomic E-state index is 0.0417. The third kappa shape index (κ3) is 4.49. The standard InChI is InChI=1S/C20H19F4N5/c21-14-8-15(22)10-18(9-14)29-12-25-20(27-29)26-16-6-13(19(23)24)7-17(11-16)28-4-2-1-3-5-28/h6-12,19H,1-5H2,(H,26,27)/i1D2,2D2,3D2,4D2,5D2. The van der Waals surface area contributed by atoms with E-state index in [4.69, 9.17) is 13.7 Å². The van der Waals surface area contributed by atoms with Crippen molar-refractivity contribution >= 4 is 17.3 Å². The van der Waals surface area contributed by atoms with E-state index >= 15 is 0 Å². The lowest BCUT2D eigenvalue weighted by atomic mass is 10.1. The second-order valence-corrected chi connectivity index (χ2v) is 5.81. The van der Waals surface area contributed by atoms with Gasteiger partial charge in [-0.1, -0.05) is 0 Å². The number of hydrogen-bond donors (Lipinski definition) is 1. The maximum atomic E-state index is 13.8. The molecule has 4 rings (SSSR count). The van der Waals surface area contributed by atoms with Gasteiger partial charge in [-0.25, -0.2) is 22.2 Å². The highest BCUT2D eigenvalue weighted by Gasteiger charge is 2.16. The molecule has 0 unspecified atom stereocenters. The quantitative estimate of drug-likeness (QED) is 0.581. The molecule has 0 radical (unpaired) electrons. The van der Waals surface area contributed by atoms with Crippen molar-refractivity contribution in [2.45, 2.75) is 25.5 Å².